The number of nitrogens with one attached hydrogen (secondary N) is 1. The fourth-order valence-electron chi connectivity index (χ4n) is 2.86. The van der Waals surface area contributed by atoms with Crippen molar-refractivity contribution in [1.29, 1.82) is 0 Å². The maximum Gasteiger partial charge on any atom is 0.423 e. The van der Waals surface area contributed by atoms with Gasteiger partial charge in [-0.25, -0.2) is 4.98 Å². The van der Waals surface area contributed by atoms with E-state index in [9.17, 15) is 13.2 Å². The van der Waals surface area contributed by atoms with Crippen molar-refractivity contribution in [2.45, 2.75) is 51.3 Å². The number of anilines is 2. The molecule has 0 spiro atoms. The maximum atomic E-state index is 13.2. The third kappa shape index (κ3) is 5.24. The first-order valence-corrected chi connectivity index (χ1v) is 9.06. The number of hydrogen-bond acceptors (Lipinski definition) is 5. The van der Waals surface area contributed by atoms with Crippen LogP contribution in [0.2, 0.25) is 0 Å². The molecule has 1 aromatic heterocycles. The molecule has 0 saturated heterocycles. The van der Waals surface area contributed by atoms with Crippen LogP contribution in [0.15, 0.2) is 30.5 Å². The molecular weight excluding hydrogens is 359 g/mol. The Morgan fingerprint density at radius 3 is 2.48 bits per heavy atom. The molecule has 1 aliphatic rings. The lowest BCUT2D eigenvalue weighted by Gasteiger charge is -2.17. The Balaban J connectivity index is 1.76. The summed E-state index contributed by atoms with van der Waals surface area (Å²) in [5.41, 5.74) is -0.311. The average molecular weight is 381 g/mol. The van der Waals surface area contributed by atoms with E-state index in [0.29, 0.717) is 12.3 Å². The van der Waals surface area contributed by atoms with E-state index in [1.165, 1.54) is 0 Å². The van der Waals surface area contributed by atoms with Crippen LogP contribution in [0.4, 0.5) is 24.8 Å². The summed E-state index contributed by atoms with van der Waals surface area (Å²) in [6, 6.07) is 7.06. The Morgan fingerprint density at radius 1 is 1.15 bits per heavy atom. The van der Waals surface area contributed by atoms with Crippen LogP contribution in [0.1, 0.15) is 44.6 Å². The number of halogens is 3. The van der Waals surface area contributed by atoms with E-state index in [1.54, 1.807) is 24.3 Å². The summed E-state index contributed by atoms with van der Waals surface area (Å²) in [4.78, 5) is 7.77. The lowest BCUT2D eigenvalue weighted by molar-refractivity contribution is -0.139. The smallest absolute Gasteiger partial charge is 0.423 e. The summed E-state index contributed by atoms with van der Waals surface area (Å²) in [6.45, 7) is 2.64. The number of alkyl halides is 3. The molecule has 3 rings (SSSR count). The van der Waals surface area contributed by atoms with Gasteiger partial charge in [0.1, 0.15) is 17.4 Å². The van der Waals surface area contributed by atoms with Crippen LogP contribution in [0.3, 0.4) is 0 Å². The second-order valence-electron chi connectivity index (χ2n) is 6.43. The van der Waals surface area contributed by atoms with Crippen LogP contribution in [-0.4, -0.2) is 22.7 Å². The van der Waals surface area contributed by atoms with Gasteiger partial charge in [0, 0.05) is 11.9 Å². The highest BCUT2D eigenvalue weighted by atomic mass is 19.4. The molecule has 0 atom stereocenters. The van der Waals surface area contributed by atoms with E-state index in [-0.39, 0.29) is 12.1 Å². The molecular formula is C19H22F3N3O2. The molecule has 1 aromatic carbocycles. The van der Waals surface area contributed by atoms with Crippen molar-refractivity contribution >= 4 is 11.6 Å². The van der Waals surface area contributed by atoms with Gasteiger partial charge in [-0.15, -0.1) is 0 Å². The maximum absolute atomic E-state index is 13.2. The molecule has 0 aliphatic heterocycles. The number of rotatable bonds is 7. The fraction of sp³-hybridized carbons (Fsp3) is 0.474. The van der Waals surface area contributed by atoms with Crippen molar-refractivity contribution in [2.24, 2.45) is 0 Å². The summed E-state index contributed by atoms with van der Waals surface area (Å²) in [7, 11) is 0. The molecule has 2 aromatic rings. The topological polar surface area (TPSA) is 56.3 Å². The van der Waals surface area contributed by atoms with Gasteiger partial charge in [-0.1, -0.05) is 6.92 Å². The summed E-state index contributed by atoms with van der Waals surface area (Å²) >= 11 is 0. The predicted octanol–water partition coefficient (Wildman–Crippen LogP) is 5.35. The van der Waals surface area contributed by atoms with E-state index in [0.717, 1.165) is 44.1 Å². The second kappa shape index (κ2) is 8.45. The molecule has 0 radical (unpaired) electrons. The first-order valence-electron chi connectivity index (χ1n) is 9.06. The number of nitrogens with zero attached hydrogens (tertiary/aromatic N) is 2. The van der Waals surface area contributed by atoms with Gasteiger partial charge in [0.2, 0.25) is 11.8 Å². The highest BCUT2D eigenvalue weighted by Gasteiger charge is 2.37. The van der Waals surface area contributed by atoms with Crippen LogP contribution >= 0.6 is 0 Å². The van der Waals surface area contributed by atoms with Gasteiger partial charge in [0.05, 0.1) is 6.61 Å². The van der Waals surface area contributed by atoms with E-state index < -0.39 is 17.6 Å². The number of hydrogen-bond donors (Lipinski definition) is 1. The van der Waals surface area contributed by atoms with Crippen LogP contribution in [0, 0.1) is 0 Å². The molecule has 0 bridgehead atoms. The minimum absolute atomic E-state index is 0.0539. The Hall–Kier alpha value is -2.51. The molecule has 27 heavy (non-hydrogen) atoms. The van der Waals surface area contributed by atoms with E-state index in [2.05, 4.69) is 15.3 Å². The SMILES string of the molecule is CCCOc1ccc(Nc2ncc(C(F)(F)F)c(OC3CCCC3)n2)cc1. The zero-order chi connectivity index (χ0) is 19.3. The zero-order valence-electron chi connectivity index (χ0n) is 15.1. The van der Waals surface area contributed by atoms with E-state index >= 15 is 0 Å². The van der Waals surface area contributed by atoms with Crippen molar-refractivity contribution in [1.82, 2.24) is 9.97 Å². The Morgan fingerprint density at radius 2 is 1.85 bits per heavy atom. The van der Waals surface area contributed by atoms with Crippen LogP contribution in [0.25, 0.3) is 0 Å². The van der Waals surface area contributed by atoms with E-state index in [4.69, 9.17) is 9.47 Å². The van der Waals surface area contributed by atoms with Crippen molar-refractivity contribution in [2.75, 3.05) is 11.9 Å². The lowest BCUT2D eigenvalue weighted by atomic mass is 10.3. The molecule has 1 fully saturated rings. The van der Waals surface area contributed by atoms with Crippen LogP contribution in [-0.2, 0) is 6.18 Å². The van der Waals surface area contributed by atoms with Gasteiger partial charge < -0.3 is 14.8 Å². The summed E-state index contributed by atoms with van der Waals surface area (Å²) < 4.78 is 50.7. The number of aromatic nitrogens is 2. The monoisotopic (exact) mass is 381 g/mol. The molecule has 5 nitrogen and oxygen atoms in total. The predicted molar refractivity (Wildman–Crippen MR) is 95.4 cm³/mol. The van der Waals surface area contributed by atoms with Gasteiger partial charge >= 0.3 is 6.18 Å². The van der Waals surface area contributed by atoms with E-state index in [1.807, 2.05) is 6.92 Å². The van der Waals surface area contributed by atoms with Gasteiger partial charge in [-0.05, 0) is 56.4 Å². The third-order valence-corrected chi connectivity index (χ3v) is 4.22. The average Bonchev–Trinajstić information content (AvgIpc) is 3.13. The summed E-state index contributed by atoms with van der Waals surface area (Å²) in [5, 5.41) is 2.91. The minimum atomic E-state index is -4.56. The number of benzene rings is 1. The van der Waals surface area contributed by atoms with Crippen molar-refractivity contribution in [3.8, 4) is 11.6 Å². The molecule has 1 heterocycles. The van der Waals surface area contributed by atoms with Gasteiger partial charge in [-0.2, -0.15) is 18.2 Å². The quantitative estimate of drug-likeness (QED) is 0.701. The van der Waals surface area contributed by atoms with Crippen molar-refractivity contribution in [3.05, 3.63) is 36.0 Å². The highest BCUT2D eigenvalue weighted by Crippen LogP contribution is 2.37. The highest BCUT2D eigenvalue weighted by molar-refractivity contribution is 5.55. The normalized spacial score (nSPS) is 15.0. The first kappa shape index (κ1) is 19.3. The third-order valence-electron chi connectivity index (χ3n) is 4.22. The lowest BCUT2D eigenvalue weighted by Crippen LogP contribution is -2.17. The first-order chi connectivity index (χ1) is 13.0. The van der Waals surface area contributed by atoms with Gasteiger partial charge in [0.15, 0.2) is 0 Å². The Bertz CT molecular complexity index is 745. The largest absolute Gasteiger partial charge is 0.494 e. The molecule has 0 unspecified atom stereocenters. The molecule has 8 heteroatoms. The van der Waals surface area contributed by atoms with Crippen LogP contribution < -0.4 is 14.8 Å². The zero-order valence-corrected chi connectivity index (χ0v) is 15.1. The van der Waals surface area contributed by atoms with Crippen molar-refractivity contribution in [3.63, 3.8) is 0 Å². The molecule has 1 aliphatic carbocycles. The summed E-state index contributed by atoms with van der Waals surface area (Å²) in [5.74, 6) is 0.356. The van der Waals surface area contributed by atoms with Gasteiger partial charge in [0.25, 0.3) is 0 Å². The van der Waals surface area contributed by atoms with Crippen LogP contribution in [0.5, 0.6) is 11.6 Å². The number of ether oxygens (including phenoxy) is 2. The Labute approximate surface area is 155 Å². The molecule has 0 amide bonds. The second-order valence-corrected chi connectivity index (χ2v) is 6.43. The minimum Gasteiger partial charge on any atom is -0.494 e. The Kier molecular flexibility index (Phi) is 6.03. The van der Waals surface area contributed by atoms with Crippen molar-refractivity contribution < 1.29 is 22.6 Å². The standard InChI is InChI=1S/C19H22F3N3O2/c1-2-11-26-14-9-7-13(8-10-14)24-18-23-12-16(19(20,21)22)17(25-18)27-15-5-3-4-6-15/h7-10,12,15H,2-6,11H2,1H3,(H,23,24,25). The summed E-state index contributed by atoms with van der Waals surface area (Å²) in [6.07, 6.45) is 0.256. The van der Waals surface area contributed by atoms with Gasteiger partial charge in [-0.3, -0.25) is 0 Å². The fourth-order valence-corrected chi connectivity index (χ4v) is 2.86. The molecule has 1 saturated carbocycles. The molecule has 1 N–H and O–H groups in total. The molecule has 146 valence electrons.